The van der Waals surface area contributed by atoms with E-state index in [-0.39, 0.29) is 11.1 Å². The monoisotopic (exact) mass is 258 g/mol. The molecule has 2 rings (SSSR count). The van der Waals surface area contributed by atoms with Crippen molar-refractivity contribution in [2.45, 2.75) is 13.8 Å². The zero-order chi connectivity index (χ0) is 13.3. The number of aryl methyl sites for hydroxylation is 1. The van der Waals surface area contributed by atoms with E-state index in [9.17, 15) is 4.79 Å². The van der Waals surface area contributed by atoms with Gasteiger partial charge < -0.3 is 0 Å². The summed E-state index contributed by atoms with van der Waals surface area (Å²) in [5.74, 6) is 0. The molecule has 1 aromatic heterocycles. The first-order valence-electron chi connectivity index (χ1n) is 5.44. The van der Waals surface area contributed by atoms with Crippen LogP contribution < -0.4 is 5.56 Å². The molecule has 0 saturated carbocycles. The molecule has 2 aromatic rings. The van der Waals surface area contributed by atoms with Crippen LogP contribution in [0.2, 0.25) is 5.02 Å². The smallest absolute Gasteiger partial charge is 0.273 e. The number of rotatable bonds is 1. The van der Waals surface area contributed by atoms with E-state index >= 15 is 0 Å². The molecule has 0 unspecified atom stereocenters. The minimum absolute atomic E-state index is 0.125. The van der Waals surface area contributed by atoms with E-state index in [1.165, 1.54) is 10.6 Å². The number of nitriles is 1. The lowest BCUT2D eigenvalue weighted by Gasteiger charge is -2.13. The molecule has 0 aliphatic heterocycles. The minimum atomic E-state index is -0.317. The summed E-state index contributed by atoms with van der Waals surface area (Å²) in [6.07, 6.45) is 0. The van der Waals surface area contributed by atoms with Crippen molar-refractivity contribution in [3.05, 3.63) is 62.5 Å². The van der Waals surface area contributed by atoms with Gasteiger partial charge in [0.1, 0.15) is 11.6 Å². The second-order valence-electron chi connectivity index (χ2n) is 4.02. The average molecular weight is 259 g/mol. The van der Waals surface area contributed by atoms with Gasteiger partial charge in [-0.3, -0.25) is 9.36 Å². The van der Waals surface area contributed by atoms with Crippen LogP contribution in [0.1, 0.15) is 16.8 Å². The maximum Gasteiger partial charge on any atom is 0.273 e. The molecule has 0 N–H and O–H groups in total. The second kappa shape index (κ2) is 4.67. The molecule has 0 saturated heterocycles. The molecule has 0 fully saturated rings. The van der Waals surface area contributed by atoms with E-state index in [2.05, 4.69) is 0 Å². The molecule has 0 radical (unpaired) electrons. The maximum atomic E-state index is 12.2. The Labute approximate surface area is 110 Å². The van der Waals surface area contributed by atoms with Crippen LogP contribution in [0.15, 0.2) is 35.1 Å². The summed E-state index contributed by atoms with van der Waals surface area (Å²) in [5, 5.41) is 9.51. The molecule has 0 bridgehead atoms. The molecule has 3 nitrogen and oxygen atoms in total. The molecular formula is C14H11ClN2O. The van der Waals surface area contributed by atoms with E-state index in [0.29, 0.717) is 10.7 Å². The van der Waals surface area contributed by atoms with Gasteiger partial charge in [-0.25, -0.2) is 0 Å². The van der Waals surface area contributed by atoms with Crippen LogP contribution in [-0.4, -0.2) is 4.57 Å². The van der Waals surface area contributed by atoms with Gasteiger partial charge in [-0.05, 0) is 43.7 Å². The molecule has 0 spiro atoms. The number of nitrogens with zero attached hydrogens (tertiary/aromatic N) is 2. The molecule has 1 aromatic carbocycles. The van der Waals surface area contributed by atoms with Gasteiger partial charge in [-0.15, -0.1) is 0 Å². The predicted octanol–water partition coefficient (Wildman–Crippen LogP) is 2.98. The molecule has 90 valence electrons. The lowest BCUT2D eigenvalue weighted by molar-refractivity contribution is 0.919. The number of benzene rings is 1. The first kappa shape index (κ1) is 12.4. The fraction of sp³-hybridized carbons (Fsp3) is 0.143. The zero-order valence-electron chi connectivity index (χ0n) is 10.1. The lowest BCUT2D eigenvalue weighted by atomic mass is 10.1. The number of halogens is 1. The van der Waals surface area contributed by atoms with Crippen molar-refractivity contribution in [2.75, 3.05) is 0 Å². The van der Waals surface area contributed by atoms with Crippen molar-refractivity contribution in [1.82, 2.24) is 4.57 Å². The third-order valence-corrected chi connectivity index (χ3v) is 3.29. The molecular weight excluding hydrogens is 248 g/mol. The van der Waals surface area contributed by atoms with E-state index < -0.39 is 0 Å². The second-order valence-corrected chi connectivity index (χ2v) is 4.43. The van der Waals surface area contributed by atoms with Gasteiger partial charge in [-0.1, -0.05) is 17.7 Å². The van der Waals surface area contributed by atoms with Crippen LogP contribution in [0.5, 0.6) is 0 Å². The molecule has 18 heavy (non-hydrogen) atoms. The number of hydrogen-bond donors (Lipinski definition) is 0. The van der Waals surface area contributed by atoms with Crippen LogP contribution in [0.4, 0.5) is 0 Å². The third kappa shape index (κ3) is 1.92. The van der Waals surface area contributed by atoms with Crippen molar-refractivity contribution in [1.29, 1.82) is 5.26 Å². The van der Waals surface area contributed by atoms with E-state index in [4.69, 9.17) is 16.9 Å². The fourth-order valence-electron chi connectivity index (χ4n) is 1.85. The quantitative estimate of drug-likeness (QED) is 0.789. The SMILES string of the molecule is Cc1c(Cl)cccc1-n1c(C)ccc(C#N)c1=O. The van der Waals surface area contributed by atoms with Crippen molar-refractivity contribution >= 4 is 11.6 Å². The van der Waals surface area contributed by atoms with Crippen LogP contribution in [0, 0.1) is 25.2 Å². The first-order chi connectivity index (χ1) is 8.56. The normalized spacial score (nSPS) is 10.1. The Kier molecular flexibility index (Phi) is 3.22. The Bertz CT molecular complexity index is 711. The standard InChI is InChI=1S/C14H11ClN2O/c1-9-6-7-11(8-16)14(18)17(9)13-5-3-4-12(15)10(13)2/h3-7H,1-2H3. The van der Waals surface area contributed by atoms with Crippen molar-refractivity contribution < 1.29 is 0 Å². The molecule has 0 amide bonds. The van der Waals surface area contributed by atoms with E-state index in [1.807, 2.05) is 26.0 Å². The average Bonchev–Trinajstić information content (AvgIpc) is 2.35. The summed E-state index contributed by atoms with van der Waals surface area (Å²) in [7, 11) is 0. The Morgan fingerprint density at radius 1 is 1.22 bits per heavy atom. The number of hydrogen-bond acceptors (Lipinski definition) is 2. The Morgan fingerprint density at radius 3 is 2.61 bits per heavy atom. The molecule has 4 heteroatoms. The fourth-order valence-corrected chi connectivity index (χ4v) is 2.02. The molecule has 0 aliphatic carbocycles. The highest BCUT2D eigenvalue weighted by molar-refractivity contribution is 6.31. The van der Waals surface area contributed by atoms with Crippen molar-refractivity contribution in [3.63, 3.8) is 0 Å². The molecule has 1 heterocycles. The summed E-state index contributed by atoms with van der Waals surface area (Å²) in [6, 6.07) is 10.6. The van der Waals surface area contributed by atoms with Gasteiger partial charge in [0.25, 0.3) is 5.56 Å². The van der Waals surface area contributed by atoms with Gasteiger partial charge in [0.2, 0.25) is 0 Å². The van der Waals surface area contributed by atoms with Gasteiger partial charge in [-0.2, -0.15) is 5.26 Å². The highest BCUT2D eigenvalue weighted by Crippen LogP contribution is 2.22. The third-order valence-electron chi connectivity index (χ3n) is 2.88. The highest BCUT2D eigenvalue weighted by Gasteiger charge is 2.11. The van der Waals surface area contributed by atoms with Gasteiger partial charge in [0.15, 0.2) is 0 Å². The number of aromatic nitrogens is 1. The maximum absolute atomic E-state index is 12.2. The van der Waals surface area contributed by atoms with E-state index in [1.54, 1.807) is 18.2 Å². The Morgan fingerprint density at radius 2 is 1.94 bits per heavy atom. The molecule has 0 atom stereocenters. The van der Waals surface area contributed by atoms with E-state index in [0.717, 1.165) is 11.3 Å². The van der Waals surface area contributed by atoms with Crippen molar-refractivity contribution in [2.24, 2.45) is 0 Å². The first-order valence-corrected chi connectivity index (χ1v) is 5.82. The summed E-state index contributed by atoms with van der Waals surface area (Å²) >= 11 is 6.06. The Hall–Kier alpha value is -2.05. The van der Waals surface area contributed by atoms with Crippen LogP contribution in [-0.2, 0) is 0 Å². The minimum Gasteiger partial charge on any atom is -0.280 e. The predicted molar refractivity (Wildman–Crippen MR) is 71.2 cm³/mol. The topological polar surface area (TPSA) is 45.8 Å². The summed E-state index contributed by atoms with van der Waals surface area (Å²) in [5.41, 5.74) is 2.11. The Balaban J connectivity index is 2.84. The number of pyridine rings is 1. The van der Waals surface area contributed by atoms with Gasteiger partial charge in [0, 0.05) is 10.7 Å². The largest absolute Gasteiger partial charge is 0.280 e. The zero-order valence-corrected chi connectivity index (χ0v) is 10.8. The summed E-state index contributed by atoms with van der Waals surface area (Å²) in [6.45, 7) is 3.67. The van der Waals surface area contributed by atoms with Crippen LogP contribution in [0.25, 0.3) is 5.69 Å². The lowest BCUT2D eigenvalue weighted by Crippen LogP contribution is -2.23. The van der Waals surface area contributed by atoms with Gasteiger partial charge in [0.05, 0.1) is 5.69 Å². The summed E-state index contributed by atoms with van der Waals surface area (Å²) in [4.78, 5) is 12.2. The molecule has 0 aliphatic rings. The highest BCUT2D eigenvalue weighted by atomic mass is 35.5. The van der Waals surface area contributed by atoms with Crippen LogP contribution >= 0.6 is 11.6 Å². The van der Waals surface area contributed by atoms with Crippen molar-refractivity contribution in [3.8, 4) is 11.8 Å². The van der Waals surface area contributed by atoms with Crippen LogP contribution in [0.3, 0.4) is 0 Å². The summed E-state index contributed by atoms with van der Waals surface area (Å²) < 4.78 is 1.51. The van der Waals surface area contributed by atoms with Gasteiger partial charge >= 0.3 is 0 Å².